The Balaban J connectivity index is 1.88. The average Bonchev–Trinajstić information content (AvgIpc) is 2.83. The molecule has 0 bridgehead atoms. The zero-order valence-electron chi connectivity index (χ0n) is 9.88. The van der Waals surface area contributed by atoms with Crippen LogP contribution in [0.1, 0.15) is 25.7 Å². The fraction of sp³-hybridized carbons (Fsp3) is 0.417. The van der Waals surface area contributed by atoms with Gasteiger partial charge in [0.25, 0.3) is 0 Å². The second-order valence-corrected chi connectivity index (χ2v) is 4.24. The molecule has 1 fully saturated rings. The lowest BCUT2D eigenvalue weighted by Crippen LogP contribution is -2.23. The summed E-state index contributed by atoms with van der Waals surface area (Å²) in [7, 11) is 0. The maximum Gasteiger partial charge on any atom is 0.321 e. The van der Waals surface area contributed by atoms with E-state index in [1.807, 2.05) is 0 Å². The van der Waals surface area contributed by atoms with E-state index >= 15 is 0 Å². The molecule has 6 nitrogen and oxygen atoms in total. The highest BCUT2D eigenvalue weighted by Gasteiger charge is 2.57. The molecule has 0 aromatic carbocycles. The van der Waals surface area contributed by atoms with Crippen molar-refractivity contribution in [1.29, 1.82) is 0 Å². The summed E-state index contributed by atoms with van der Waals surface area (Å²) in [5, 5.41) is 3.85. The first kappa shape index (κ1) is 11.0. The summed E-state index contributed by atoms with van der Waals surface area (Å²) in [5.41, 5.74) is 0.00927. The van der Waals surface area contributed by atoms with E-state index in [1.165, 1.54) is 12.5 Å². The molecule has 1 saturated carbocycles. The topological polar surface area (TPSA) is 78.4 Å². The predicted octanol–water partition coefficient (Wildman–Crippen LogP) is 1.92. The van der Waals surface area contributed by atoms with E-state index in [-0.39, 0.29) is 5.97 Å². The van der Waals surface area contributed by atoms with Crippen molar-refractivity contribution in [2.24, 2.45) is 0 Å². The van der Waals surface area contributed by atoms with E-state index < -0.39 is 5.41 Å². The van der Waals surface area contributed by atoms with Gasteiger partial charge in [0.2, 0.25) is 11.7 Å². The van der Waals surface area contributed by atoms with E-state index in [9.17, 15) is 4.79 Å². The fourth-order valence-electron chi connectivity index (χ4n) is 1.83. The molecule has 0 N–H and O–H groups in total. The number of esters is 1. The van der Waals surface area contributed by atoms with Gasteiger partial charge in [0.1, 0.15) is 11.7 Å². The van der Waals surface area contributed by atoms with Gasteiger partial charge in [-0.3, -0.25) is 4.79 Å². The molecular weight excluding hydrogens is 236 g/mol. The number of rotatable bonds is 4. The molecule has 2 heterocycles. The predicted molar refractivity (Wildman–Crippen MR) is 59.5 cm³/mol. The SMILES string of the molecule is CCOC(=O)C1(c2nc(-c3ccoc3)no2)CC1. The molecule has 0 radical (unpaired) electrons. The molecular formula is C12H12N2O4. The molecule has 18 heavy (non-hydrogen) atoms. The number of hydrogen-bond acceptors (Lipinski definition) is 6. The molecule has 0 amide bonds. The molecule has 0 aliphatic heterocycles. The van der Waals surface area contributed by atoms with E-state index in [1.54, 1.807) is 13.0 Å². The molecule has 6 heteroatoms. The Labute approximate surface area is 103 Å². The highest BCUT2D eigenvalue weighted by atomic mass is 16.5. The molecule has 1 aliphatic carbocycles. The minimum Gasteiger partial charge on any atom is -0.472 e. The highest BCUT2D eigenvalue weighted by Crippen LogP contribution is 2.48. The molecule has 0 atom stereocenters. The Kier molecular flexibility index (Phi) is 2.43. The van der Waals surface area contributed by atoms with Crippen LogP contribution in [0.15, 0.2) is 27.5 Å². The van der Waals surface area contributed by atoms with Crippen LogP contribution in [-0.4, -0.2) is 22.7 Å². The number of furan rings is 1. The summed E-state index contributed by atoms with van der Waals surface area (Å²) < 4.78 is 15.2. The summed E-state index contributed by atoms with van der Waals surface area (Å²) in [6.07, 6.45) is 4.44. The second-order valence-electron chi connectivity index (χ2n) is 4.24. The van der Waals surface area contributed by atoms with Gasteiger partial charge in [-0.1, -0.05) is 5.16 Å². The van der Waals surface area contributed by atoms with Gasteiger partial charge in [-0.2, -0.15) is 4.98 Å². The maximum absolute atomic E-state index is 11.9. The smallest absolute Gasteiger partial charge is 0.321 e. The van der Waals surface area contributed by atoms with Gasteiger partial charge < -0.3 is 13.7 Å². The summed E-state index contributed by atoms with van der Waals surface area (Å²) in [5.74, 6) is 0.471. The number of aromatic nitrogens is 2. The second kappa shape index (κ2) is 3.97. The highest BCUT2D eigenvalue weighted by molar-refractivity contribution is 5.85. The number of nitrogens with zero attached hydrogens (tertiary/aromatic N) is 2. The third-order valence-electron chi connectivity index (χ3n) is 3.03. The van der Waals surface area contributed by atoms with Gasteiger partial charge in [-0.25, -0.2) is 0 Å². The van der Waals surface area contributed by atoms with Crippen LogP contribution in [0.3, 0.4) is 0 Å². The molecule has 1 aliphatic rings. The van der Waals surface area contributed by atoms with Gasteiger partial charge in [0.15, 0.2) is 0 Å². The fourth-order valence-corrected chi connectivity index (χ4v) is 1.83. The van der Waals surface area contributed by atoms with Crippen molar-refractivity contribution in [3.8, 4) is 11.4 Å². The Hall–Kier alpha value is -2.11. The van der Waals surface area contributed by atoms with Crippen molar-refractivity contribution in [2.75, 3.05) is 6.61 Å². The third kappa shape index (κ3) is 1.61. The van der Waals surface area contributed by atoms with Crippen molar-refractivity contribution in [3.63, 3.8) is 0 Å². The van der Waals surface area contributed by atoms with Gasteiger partial charge in [0.05, 0.1) is 18.4 Å². The van der Waals surface area contributed by atoms with Crippen LogP contribution < -0.4 is 0 Å². The standard InChI is InChI=1S/C12H12N2O4/c1-2-17-11(15)12(4-5-12)10-13-9(14-18-10)8-3-6-16-7-8/h3,6-7H,2,4-5H2,1H3. The molecule has 0 saturated heterocycles. The van der Waals surface area contributed by atoms with Crippen molar-refractivity contribution in [1.82, 2.24) is 10.1 Å². The molecule has 2 aromatic heterocycles. The lowest BCUT2D eigenvalue weighted by Gasteiger charge is -2.07. The van der Waals surface area contributed by atoms with Crippen LogP contribution in [0.25, 0.3) is 11.4 Å². The maximum atomic E-state index is 11.9. The zero-order valence-corrected chi connectivity index (χ0v) is 9.88. The first-order valence-corrected chi connectivity index (χ1v) is 5.80. The minimum absolute atomic E-state index is 0.285. The zero-order chi connectivity index (χ0) is 12.6. The summed E-state index contributed by atoms with van der Waals surface area (Å²) in [4.78, 5) is 16.1. The third-order valence-corrected chi connectivity index (χ3v) is 3.03. The van der Waals surface area contributed by atoms with E-state index in [0.29, 0.717) is 31.2 Å². The van der Waals surface area contributed by atoms with Crippen molar-refractivity contribution in [3.05, 3.63) is 24.5 Å². The lowest BCUT2D eigenvalue weighted by atomic mass is 10.1. The largest absolute Gasteiger partial charge is 0.472 e. The number of hydrogen-bond donors (Lipinski definition) is 0. The monoisotopic (exact) mass is 248 g/mol. The number of ether oxygens (including phenoxy) is 1. The van der Waals surface area contributed by atoms with Gasteiger partial charge in [-0.15, -0.1) is 0 Å². The summed E-state index contributed by atoms with van der Waals surface area (Å²) in [6.45, 7) is 2.13. The van der Waals surface area contributed by atoms with E-state index in [2.05, 4.69) is 10.1 Å². The summed E-state index contributed by atoms with van der Waals surface area (Å²) in [6, 6.07) is 1.73. The minimum atomic E-state index is -0.717. The van der Waals surface area contributed by atoms with Crippen molar-refractivity contribution >= 4 is 5.97 Å². The molecule has 2 aromatic rings. The molecule has 0 spiro atoms. The molecule has 94 valence electrons. The quantitative estimate of drug-likeness (QED) is 0.769. The average molecular weight is 248 g/mol. The lowest BCUT2D eigenvalue weighted by molar-refractivity contribution is -0.146. The molecule has 3 rings (SSSR count). The van der Waals surface area contributed by atoms with E-state index in [4.69, 9.17) is 13.7 Å². The van der Waals surface area contributed by atoms with Crippen LogP contribution in [0.4, 0.5) is 0 Å². The van der Waals surface area contributed by atoms with Gasteiger partial charge in [0, 0.05) is 0 Å². The van der Waals surface area contributed by atoms with Crippen LogP contribution in [0, 0.1) is 0 Å². The van der Waals surface area contributed by atoms with Crippen LogP contribution in [-0.2, 0) is 14.9 Å². The Morgan fingerprint density at radius 3 is 3.00 bits per heavy atom. The van der Waals surface area contributed by atoms with Crippen molar-refractivity contribution < 1.29 is 18.5 Å². The van der Waals surface area contributed by atoms with Gasteiger partial charge in [-0.05, 0) is 25.8 Å². The Morgan fingerprint density at radius 2 is 2.39 bits per heavy atom. The molecule has 0 unspecified atom stereocenters. The van der Waals surface area contributed by atoms with Crippen LogP contribution in [0.2, 0.25) is 0 Å². The summed E-state index contributed by atoms with van der Waals surface area (Å²) >= 11 is 0. The Morgan fingerprint density at radius 1 is 1.56 bits per heavy atom. The van der Waals surface area contributed by atoms with Crippen LogP contribution in [0.5, 0.6) is 0 Å². The van der Waals surface area contributed by atoms with E-state index in [0.717, 1.165) is 5.56 Å². The number of carbonyl (C=O) groups excluding carboxylic acids is 1. The van der Waals surface area contributed by atoms with Crippen molar-refractivity contribution in [2.45, 2.75) is 25.2 Å². The Bertz CT molecular complexity index is 554. The van der Waals surface area contributed by atoms with Gasteiger partial charge >= 0.3 is 5.97 Å². The first-order chi connectivity index (χ1) is 8.76. The number of carbonyl (C=O) groups is 1. The van der Waals surface area contributed by atoms with Crippen LogP contribution >= 0.6 is 0 Å². The first-order valence-electron chi connectivity index (χ1n) is 5.80. The normalized spacial score (nSPS) is 16.5.